The van der Waals surface area contributed by atoms with Crippen molar-refractivity contribution in [2.75, 3.05) is 5.32 Å². The van der Waals surface area contributed by atoms with E-state index in [1.165, 1.54) is 0 Å². The zero-order valence-corrected chi connectivity index (χ0v) is 12.7. The Hall–Kier alpha value is -1.85. The number of amides is 1. The van der Waals surface area contributed by atoms with Gasteiger partial charge in [0.1, 0.15) is 0 Å². The summed E-state index contributed by atoms with van der Waals surface area (Å²) in [6.07, 6.45) is 0.189. The second-order valence-corrected chi connectivity index (χ2v) is 5.54. The van der Waals surface area contributed by atoms with E-state index in [4.69, 9.17) is 5.11 Å². The van der Waals surface area contributed by atoms with Crippen molar-refractivity contribution in [3.63, 3.8) is 0 Å². The maximum Gasteiger partial charge on any atom is 0.303 e. The second kappa shape index (κ2) is 6.54. The Morgan fingerprint density at radius 1 is 1.25 bits per heavy atom. The normalized spacial score (nSPS) is 12.5. The molecule has 6 heteroatoms. The van der Waals surface area contributed by atoms with Crippen LogP contribution in [0.4, 0.5) is 5.69 Å². The summed E-state index contributed by atoms with van der Waals surface area (Å²) in [5.74, 6) is -1.24. The number of nitrogens with zero attached hydrogens (tertiary/aromatic N) is 2. The number of carbonyl (C=O) groups excluding carboxylic acids is 1. The molecular weight excluding hydrogens is 258 g/mol. The van der Waals surface area contributed by atoms with E-state index >= 15 is 0 Å². The highest BCUT2D eigenvalue weighted by Gasteiger charge is 2.18. The van der Waals surface area contributed by atoms with Crippen LogP contribution in [0.3, 0.4) is 0 Å². The summed E-state index contributed by atoms with van der Waals surface area (Å²) in [6.45, 7) is 9.57. The number of hydrogen-bond donors (Lipinski definition) is 2. The molecule has 0 saturated heterocycles. The topological polar surface area (TPSA) is 84.2 Å². The lowest BCUT2D eigenvalue weighted by Gasteiger charge is -2.11. The summed E-state index contributed by atoms with van der Waals surface area (Å²) >= 11 is 0. The molecule has 1 aromatic rings. The van der Waals surface area contributed by atoms with Crippen molar-refractivity contribution in [1.29, 1.82) is 0 Å². The van der Waals surface area contributed by atoms with Crippen molar-refractivity contribution in [2.24, 2.45) is 5.92 Å². The smallest absolute Gasteiger partial charge is 0.303 e. The van der Waals surface area contributed by atoms with Crippen molar-refractivity contribution < 1.29 is 14.7 Å². The molecule has 0 aliphatic heterocycles. The van der Waals surface area contributed by atoms with Crippen molar-refractivity contribution in [3.8, 4) is 0 Å². The quantitative estimate of drug-likeness (QED) is 0.839. The fourth-order valence-electron chi connectivity index (χ4n) is 2.22. The Bertz CT molecular complexity index is 506. The number of rotatable bonds is 6. The molecule has 2 N–H and O–H groups in total. The highest BCUT2D eigenvalue weighted by atomic mass is 16.4. The number of carboxylic acid groups (broad SMARTS) is 1. The number of carboxylic acids is 1. The standard InChI is InChI=1S/C14H23N3O3/c1-8(2)17-11(5)14(10(4)16-17)15-12(18)6-9(3)7-13(19)20/h8-9H,6-7H2,1-5H3,(H,15,18)(H,19,20). The molecule has 0 fully saturated rings. The maximum absolute atomic E-state index is 11.9. The summed E-state index contributed by atoms with van der Waals surface area (Å²) in [5, 5.41) is 15.9. The molecule has 1 unspecified atom stereocenters. The van der Waals surface area contributed by atoms with Gasteiger partial charge in [-0.3, -0.25) is 14.3 Å². The summed E-state index contributed by atoms with van der Waals surface area (Å²) in [7, 11) is 0. The average Bonchev–Trinajstić information content (AvgIpc) is 2.55. The van der Waals surface area contributed by atoms with Gasteiger partial charge in [-0.15, -0.1) is 0 Å². The van der Waals surface area contributed by atoms with Gasteiger partial charge in [0, 0.05) is 18.9 Å². The van der Waals surface area contributed by atoms with Gasteiger partial charge in [0.15, 0.2) is 0 Å². The minimum absolute atomic E-state index is 0.00333. The van der Waals surface area contributed by atoms with Gasteiger partial charge >= 0.3 is 5.97 Å². The molecule has 1 amide bonds. The third-order valence-electron chi connectivity index (χ3n) is 3.14. The Morgan fingerprint density at radius 3 is 2.30 bits per heavy atom. The number of aliphatic carboxylic acids is 1. The molecule has 1 rings (SSSR count). The Kier molecular flexibility index (Phi) is 5.30. The molecule has 0 saturated carbocycles. The van der Waals surface area contributed by atoms with Crippen LogP contribution in [0.2, 0.25) is 0 Å². The number of aromatic nitrogens is 2. The number of nitrogens with one attached hydrogen (secondary N) is 1. The summed E-state index contributed by atoms with van der Waals surface area (Å²) in [5.41, 5.74) is 2.42. The van der Waals surface area contributed by atoms with Gasteiger partial charge in [0.25, 0.3) is 0 Å². The minimum atomic E-state index is -0.884. The second-order valence-electron chi connectivity index (χ2n) is 5.54. The van der Waals surface area contributed by atoms with Crippen LogP contribution in [-0.4, -0.2) is 26.8 Å². The number of hydrogen-bond acceptors (Lipinski definition) is 3. The molecule has 0 spiro atoms. The number of anilines is 1. The fourth-order valence-corrected chi connectivity index (χ4v) is 2.22. The zero-order valence-electron chi connectivity index (χ0n) is 12.7. The Morgan fingerprint density at radius 2 is 1.85 bits per heavy atom. The maximum atomic E-state index is 11.9. The molecule has 1 atom stereocenters. The first kappa shape index (κ1) is 16.2. The largest absolute Gasteiger partial charge is 0.481 e. The SMILES string of the molecule is Cc1nn(C(C)C)c(C)c1NC(=O)CC(C)CC(=O)O. The van der Waals surface area contributed by atoms with E-state index in [2.05, 4.69) is 10.4 Å². The first-order valence-electron chi connectivity index (χ1n) is 6.79. The Labute approximate surface area is 119 Å². The van der Waals surface area contributed by atoms with E-state index in [0.29, 0.717) is 0 Å². The average molecular weight is 281 g/mol. The van der Waals surface area contributed by atoms with Gasteiger partial charge in [-0.1, -0.05) is 6.92 Å². The molecule has 0 bridgehead atoms. The highest BCUT2D eigenvalue weighted by molar-refractivity contribution is 5.92. The van der Waals surface area contributed by atoms with E-state index in [-0.39, 0.29) is 30.7 Å². The molecule has 1 aromatic heterocycles. The fraction of sp³-hybridized carbons (Fsp3) is 0.643. The molecule has 20 heavy (non-hydrogen) atoms. The van der Waals surface area contributed by atoms with E-state index in [0.717, 1.165) is 17.1 Å². The zero-order chi connectivity index (χ0) is 15.4. The van der Waals surface area contributed by atoms with Gasteiger partial charge < -0.3 is 10.4 Å². The van der Waals surface area contributed by atoms with Crippen LogP contribution in [0.25, 0.3) is 0 Å². The molecule has 0 aromatic carbocycles. The molecule has 112 valence electrons. The van der Waals surface area contributed by atoms with Crippen LogP contribution in [0.1, 0.15) is 51.0 Å². The summed E-state index contributed by atoms with van der Waals surface area (Å²) in [4.78, 5) is 22.5. The predicted molar refractivity (Wildman–Crippen MR) is 76.7 cm³/mol. The van der Waals surface area contributed by atoms with Crippen molar-refractivity contribution in [1.82, 2.24) is 9.78 Å². The third kappa shape index (κ3) is 4.08. The highest BCUT2D eigenvalue weighted by Crippen LogP contribution is 2.23. The van der Waals surface area contributed by atoms with Gasteiger partial charge in [-0.2, -0.15) is 5.10 Å². The van der Waals surface area contributed by atoms with Gasteiger partial charge in [-0.25, -0.2) is 0 Å². The lowest BCUT2D eigenvalue weighted by atomic mass is 10.0. The summed E-state index contributed by atoms with van der Waals surface area (Å²) < 4.78 is 1.87. The monoisotopic (exact) mass is 281 g/mol. The van der Waals surface area contributed by atoms with Gasteiger partial charge in [0.05, 0.1) is 17.1 Å². The molecule has 6 nitrogen and oxygen atoms in total. The van der Waals surface area contributed by atoms with Crippen molar-refractivity contribution in [3.05, 3.63) is 11.4 Å². The van der Waals surface area contributed by atoms with Crippen molar-refractivity contribution in [2.45, 2.75) is 53.5 Å². The lowest BCUT2D eigenvalue weighted by Crippen LogP contribution is -2.17. The van der Waals surface area contributed by atoms with Crippen LogP contribution in [0.15, 0.2) is 0 Å². The molecule has 0 radical (unpaired) electrons. The third-order valence-corrected chi connectivity index (χ3v) is 3.14. The van der Waals surface area contributed by atoms with Crippen LogP contribution in [0.5, 0.6) is 0 Å². The predicted octanol–water partition coefficient (Wildman–Crippen LogP) is 2.52. The van der Waals surface area contributed by atoms with E-state index < -0.39 is 5.97 Å². The van der Waals surface area contributed by atoms with Gasteiger partial charge in [-0.05, 0) is 33.6 Å². The first-order valence-corrected chi connectivity index (χ1v) is 6.79. The summed E-state index contributed by atoms with van der Waals surface area (Å²) in [6, 6.07) is 0.227. The first-order chi connectivity index (χ1) is 9.22. The number of aryl methyl sites for hydroxylation is 1. The van der Waals surface area contributed by atoms with E-state index in [9.17, 15) is 9.59 Å². The number of carbonyl (C=O) groups is 2. The van der Waals surface area contributed by atoms with E-state index in [1.807, 2.05) is 32.4 Å². The van der Waals surface area contributed by atoms with Crippen LogP contribution in [0, 0.1) is 19.8 Å². The molecule has 1 heterocycles. The van der Waals surface area contributed by atoms with Crippen LogP contribution < -0.4 is 5.32 Å². The van der Waals surface area contributed by atoms with Crippen LogP contribution >= 0.6 is 0 Å². The lowest BCUT2D eigenvalue weighted by molar-refractivity contribution is -0.138. The van der Waals surface area contributed by atoms with Gasteiger partial charge in [0.2, 0.25) is 5.91 Å². The molecular formula is C14H23N3O3. The molecule has 0 aliphatic carbocycles. The molecule has 0 aliphatic rings. The van der Waals surface area contributed by atoms with Crippen LogP contribution in [-0.2, 0) is 9.59 Å². The van der Waals surface area contributed by atoms with Crippen molar-refractivity contribution >= 4 is 17.6 Å². The minimum Gasteiger partial charge on any atom is -0.481 e. The van der Waals surface area contributed by atoms with E-state index in [1.54, 1.807) is 6.92 Å². The Balaban J connectivity index is 2.74.